The number of nitrogens with one attached hydrogen (secondary N) is 1. The molecule has 0 atom stereocenters. The topological polar surface area (TPSA) is 62.2 Å². The number of carbonyl (C=O) groups excluding carboxylic acids is 1. The van der Waals surface area contributed by atoms with Crippen LogP contribution in [0.5, 0.6) is 0 Å². The molecule has 0 unspecified atom stereocenters. The zero-order valence-electron chi connectivity index (χ0n) is 11.8. The first-order valence-corrected chi connectivity index (χ1v) is 7.07. The summed E-state index contributed by atoms with van der Waals surface area (Å²) in [5.41, 5.74) is 1.17. The maximum atomic E-state index is 12.1. The van der Waals surface area contributed by atoms with Gasteiger partial charge in [0.2, 0.25) is 0 Å². The number of carbonyl (C=O) groups is 1. The molecule has 1 amide bonds. The molecule has 1 saturated carbocycles. The molecule has 1 aromatic heterocycles. The molecule has 4 nitrogen and oxygen atoms in total. The highest BCUT2D eigenvalue weighted by Crippen LogP contribution is 2.34. The number of pyridine rings is 1. The zero-order chi connectivity index (χ0) is 14.4. The summed E-state index contributed by atoms with van der Waals surface area (Å²) in [6.45, 7) is 2.16. The monoisotopic (exact) mass is 272 g/mol. The quantitative estimate of drug-likeness (QED) is 0.823. The molecule has 2 N–H and O–H groups in total. The van der Waals surface area contributed by atoms with Crippen molar-refractivity contribution in [1.29, 1.82) is 0 Å². The second-order valence-electron chi connectivity index (χ2n) is 5.15. The summed E-state index contributed by atoms with van der Waals surface area (Å²) in [5.74, 6) is 5.60. The van der Waals surface area contributed by atoms with Gasteiger partial charge in [0.25, 0.3) is 5.91 Å². The molecule has 0 aliphatic heterocycles. The molecule has 106 valence electrons. The molecule has 4 heteroatoms. The number of hydrogen-bond donors (Lipinski definition) is 2. The molecule has 1 heterocycles. The minimum absolute atomic E-state index is 0.0155. The van der Waals surface area contributed by atoms with E-state index in [9.17, 15) is 4.79 Å². The average Bonchev–Trinajstić information content (AvgIpc) is 2.44. The lowest BCUT2D eigenvalue weighted by atomic mass is 9.75. The number of rotatable bonds is 4. The molecule has 1 fully saturated rings. The van der Waals surface area contributed by atoms with E-state index < -0.39 is 0 Å². The molecular weight excluding hydrogens is 252 g/mol. The number of aliphatic hydroxyl groups is 1. The van der Waals surface area contributed by atoms with Gasteiger partial charge in [0, 0.05) is 23.7 Å². The number of aliphatic hydroxyl groups excluding tert-OH is 1. The Morgan fingerprint density at radius 2 is 2.30 bits per heavy atom. The molecule has 0 spiro atoms. The van der Waals surface area contributed by atoms with Crippen molar-refractivity contribution in [3.8, 4) is 11.8 Å². The van der Waals surface area contributed by atoms with E-state index in [1.165, 1.54) is 6.42 Å². The fourth-order valence-corrected chi connectivity index (χ4v) is 2.30. The van der Waals surface area contributed by atoms with E-state index in [1.807, 2.05) is 0 Å². The smallest absolute Gasteiger partial charge is 0.270 e. The normalized spacial score (nSPS) is 15.7. The van der Waals surface area contributed by atoms with E-state index in [-0.39, 0.29) is 18.1 Å². The maximum Gasteiger partial charge on any atom is 0.270 e. The first kappa shape index (κ1) is 14.5. The van der Waals surface area contributed by atoms with Gasteiger partial charge in [0.15, 0.2) is 0 Å². The van der Waals surface area contributed by atoms with Gasteiger partial charge in [-0.05, 0) is 37.8 Å². The molecule has 20 heavy (non-hydrogen) atoms. The van der Waals surface area contributed by atoms with E-state index >= 15 is 0 Å². The first-order chi connectivity index (χ1) is 9.69. The maximum absolute atomic E-state index is 12.1. The van der Waals surface area contributed by atoms with Gasteiger partial charge in [-0.2, -0.15) is 0 Å². The Morgan fingerprint density at radius 1 is 1.50 bits per heavy atom. The number of amides is 1. The highest BCUT2D eigenvalue weighted by Gasteiger charge is 2.36. The third-order valence-corrected chi connectivity index (χ3v) is 3.83. The molecule has 1 aliphatic rings. The lowest BCUT2D eigenvalue weighted by Crippen LogP contribution is -2.53. The van der Waals surface area contributed by atoms with Crippen molar-refractivity contribution in [3.63, 3.8) is 0 Å². The van der Waals surface area contributed by atoms with E-state index in [2.05, 4.69) is 29.1 Å². The molecule has 2 rings (SSSR count). The molecule has 0 aromatic carbocycles. The standard InChI is InChI=1S/C16H20N2O2/c1-2-16(9-5-10-16)18-15(20)14-8-7-13(12-17-14)6-3-4-11-19/h7-8,12,19H,2,4-5,9-11H2,1H3,(H,18,20). The van der Waals surface area contributed by atoms with Crippen LogP contribution < -0.4 is 5.32 Å². The van der Waals surface area contributed by atoms with Gasteiger partial charge in [-0.25, -0.2) is 4.98 Å². The van der Waals surface area contributed by atoms with Crippen molar-refractivity contribution in [1.82, 2.24) is 10.3 Å². The Morgan fingerprint density at radius 3 is 2.80 bits per heavy atom. The summed E-state index contributed by atoms with van der Waals surface area (Å²) < 4.78 is 0. The van der Waals surface area contributed by atoms with Crippen LogP contribution in [0, 0.1) is 11.8 Å². The minimum Gasteiger partial charge on any atom is -0.395 e. The summed E-state index contributed by atoms with van der Waals surface area (Å²) in [6, 6.07) is 3.48. The number of nitrogens with zero attached hydrogens (tertiary/aromatic N) is 1. The van der Waals surface area contributed by atoms with Gasteiger partial charge >= 0.3 is 0 Å². The third kappa shape index (κ3) is 3.37. The lowest BCUT2D eigenvalue weighted by molar-refractivity contribution is 0.0815. The van der Waals surface area contributed by atoms with Gasteiger partial charge in [0.1, 0.15) is 5.69 Å². The fourth-order valence-electron chi connectivity index (χ4n) is 2.30. The van der Waals surface area contributed by atoms with Crippen LogP contribution in [0.15, 0.2) is 18.3 Å². The SMILES string of the molecule is CCC1(NC(=O)c2ccc(C#CCCO)cn2)CCC1. The molecule has 1 aromatic rings. The third-order valence-electron chi connectivity index (χ3n) is 3.83. The van der Waals surface area contributed by atoms with Crippen LogP contribution in [0.4, 0.5) is 0 Å². The van der Waals surface area contributed by atoms with Crippen LogP contribution in [0.1, 0.15) is 55.1 Å². The molecule has 0 radical (unpaired) electrons. The summed E-state index contributed by atoms with van der Waals surface area (Å²) in [7, 11) is 0. The molecule has 0 saturated heterocycles. The predicted molar refractivity (Wildman–Crippen MR) is 77.2 cm³/mol. The summed E-state index contributed by atoms with van der Waals surface area (Å²) in [6.07, 6.45) is 6.30. The van der Waals surface area contributed by atoms with Crippen LogP contribution in [-0.2, 0) is 0 Å². The van der Waals surface area contributed by atoms with Crippen molar-refractivity contribution in [3.05, 3.63) is 29.6 Å². The zero-order valence-corrected chi connectivity index (χ0v) is 11.8. The Kier molecular flexibility index (Phi) is 4.75. The molecule has 1 aliphatic carbocycles. The summed E-state index contributed by atoms with van der Waals surface area (Å²) in [5, 5.41) is 11.7. The van der Waals surface area contributed by atoms with Crippen molar-refractivity contribution in [2.45, 2.75) is 44.6 Å². The van der Waals surface area contributed by atoms with Crippen LogP contribution in [0.3, 0.4) is 0 Å². The highest BCUT2D eigenvalue weighted by atomic mass is 16.2. The second-order valence-corrected chi connectivity index (χ2v) is 5.15. The summed E-state index contributed by atoms with van der Waals surface area (Å²) in [4.78, 5) is 16.3. The Labute approximate surface area is 119 Å². The highest BCUT2D eigenvalue weighted by molar-refractivity contribution is 5.92. The molecular formula is C16H20N2O2. The number of hydrogen-bond acceptors (Lipinski definition) is 3. The van der Waals surface area contributed by atoms with E-state index in [1.54, 1.807) is 18.3 Å². The summed E-state index contributed by atoms with van der Waals surface area (Å²) >= 11 is 0. The van der Waals surface area contributed by atoms with Gasteiger partial charge < -0.3 is 10.4 Å². The first-order valence-electron chi connectivity index (χ1n) is 7.07. The van der Waals surface area contributed by atoms with Crippen LogP contribution in [-0.4, -0.2) is 28.1 Å². The van der Waals surface area contributed by atoms with Crippen molar-refractivity contribution < 1.29 is 9.90 Å². The molecule has 0 bridgehead atoms. The predicted octanol–water partition coefficient (Wildman–Crippen LogP) is 1.88. The second kappa shape index (κ2) is 6.53. The van der Waals surface area contributed by atoms with Crippen LogP contribution >= 0.6 is 0 Å². The minimum atomic E-state index is -0.110. The Hall–Kier alpha value is -1.86. The van der Waals surface area contributed by atoms with E-state index in [4.69, 9.17) is 5.11 Å². The van der Waals surface area contributed by atoms with Gasteiger partial charge in [0.05, 0.1) is 6.61 Å². The average molecular weight is 272 g/mol. The number of aromatic nitrogens is 1. The van der Waals surface area contributed by atoms with Crippen LogP contribution in [0.2, 0.25) is 0 Å². The van der Waals surface area contributed by atoms with Crippen molar-refractivity contribution in [2.75, 3.05) is 6.61 Å². The van der Waals surface area contributed by atoms with E-state index in [0.717, 1.165) is 24.8 Å². The van der Waals surface area contributed by atoms with Crippen molar-refractivity contribution in [2.24, 2.45) is 0 Å². The Balaban J connectivity index is 1.99. The van der Waals surface area contributed by atoms with E-state index in [0.29, 0.717) is 12.1 Å². The largest absolute Gasteiger partial charge is 0.395 e. The lowest BCUT2D eigenvalue weighted by Gasteiger charge is -2.41. The fraction of sp³-hybridized carbons (Fsp3) is 0.500. The van der Waals surface area contributed by atoms with Gasteiger partial charge in [-0.1, -0.05) is 18.8 Å². The van der Waals surface area contributed by atoms with Crippen molar-refractivity contribution >= 4 is 5.91 Å². The Bertz CT molecular complexity index is 516. The van der Waals surface area contributed by atoms with Gasteiger partial charge in [-0.15, -0.1) is 0 Å². The van der Waals surface area contributed by atoms with Crippen LogP contribution in [0.25, 0.3) is 0 Å². The van der Waals surface area contributed by atoms with Gasteiger partial charge in [-0.3, -0.25) is 4.79 Å².